The van der Waals surface area contributed by atoms with Gasteiger partial charge in [0.1, 0.15) is 41.5 Å². The van der Waals surface area contributed by atoms with Crippen LogP contribution in [0.1, 0.15) is 5.56 Å². The minimum atomic E-state index is -0.966. The quantitative estimate of drug-likeness (QED) is 0.370. The van der Waals surface area contributed by atoms with E-state index in [1.165, 1.54) is 12.1 Å². The number of halogens is 2. The van der Waals surface area contributed by atoms with Gasteiger partial charge in [0.25, 0.3) is 11.8 Å². The van der Waals surface area contributed by atoms with Crippen LogP contribution in [0.5, 0.6) is 5.75 Å². The van der Waals surface area contributed by atoms with E-state index in [1.807, 2.05) is 12.1 Å². The predicted molar refractivity (Wildman–Crippen MR) is 124 cm³/mol. The summed E-state index contributed by atoms with van der Waals surface area (Å²) < 4.78 is 18.7. The molecule has 0 spiro atoms. The van der Waals surface area contributed by atoms with Gasteiger partial charge in [-0.15, -0.1) is 0 Å². The highest BCUT2D eigenvalue weighted by molar-refractivity contribution is 6.30. The lowest BCUT2D eigenvalue weighted by Gasteiger charge is -2.09. The molecule has 0 atom stereocenters. The van der Waals surface area contributed by atoms with Gasteiger partial charge in [-0.05, 0) is 66.2 Å². The summed E-state index contributed by atoms with van der Waals surface area (Å²) >= 11 is 5.86. The summed E-state index contributed by atoms with van der Waals surface area (Å²) in [4.78, 5) is 25.0. The van der Waals surface area contributed by atoms with E-state index in [1.54, 1.807) is 48.5 Å². The molecule has 168 valence electrons. The van der Waals surface area contributed by atoms with Gasteiger partial charge >= 0.3 is 0 Å². The normalized spacial score (nSPS) is 10.8. The SMILES string of the molecule is N#C/C(C(=O)Nc1ccc(F)cc1)=C(/C#N)C(=O)Nc1ccc(OCc2ccc(Cl)cc2)cc1. The van der Waals surface area contributed by atoms with E-state index in [9.17, 15) is 24.5 Å². The molecule has 0 aliphatic carbocycles. The number of hydrogen-bond donors (Lipinski definition) is 2. The number of carbonyl (C=O) groups is 2. The van der Waals surface area contributed by atoms with E-state index in [-0.39, 0.29) is 5.69 Å². The van der Waals surface area contributed by atoms with Crippen molar-refractivity contribution in [2.24, 2.45) is 0 Å². The molecule has 2 N–H and O–H groups in total. The summed E-state index contributed by atoms with van der Waals surface area (Å²) in [5, 5.41) is 24.2. The van der Waals surface area contributed by atoms with E-state index < -0.39 is 28.8 Å². The van der Waals surface area contributed by atoms with Crippen molar-refractivity contribution in [2.45, 2.75) is 6.61 Å². The number of nitrogens with one attached hydrogen (secondary N) is 2. The molecule has 3 aromatic carbocycles. The monoisotopic (exact) mass is 474 g/mol. The molecule has 0 bridgehead atoms. The lowest BCUT2D eigenvalue weighted by Crippen LogP contribution is -2.21. The molecule has 0 unspecified atom stereocenters. The molecule has 3 aromatic rings. The number of nitriles is 2. The number of anilines is 2. The van der Waals surface area contributed by atoms with Gasteiger partial charge in [0, 0.05) is 16.4 Å². The maximum absolute atomic E-state index is 13.0. The van der Waals surface area contributed by atoms with Crippen LogP contribution in [0.15, 0.2) is 83.9 Å². The standard InChI is InChI=1S/C25H16ClFN4O3/c26-17-3-1-16(2-4-17)15-34-21-11-9-20(10-12-21)31-25(33)23(14-29)22(13-28)24(32)30-19-7-5-18(27)6-8-19/h1-12H,15H2,(H,30,32)(H,31,33)/b23-22+. The lowest BCUT2D eigenvalue weighted by molar-refractivity contribution is -0.114. The van der Waals surface area contributed by atoms with Crippen molar-refractivity contribution in [1.29, 1.82) is 10.5 Å². The lowest BCUT2D eigenvalue weighted by atomic mass is 10.1. The van der Waals surface area contributed by atoms with Gasteiger partial charge in [0.15, 0.2) is 0 Å². The third-order valence-electron chi connectivity index (χ3n) is 4.46. The van der Waals surface area contributed by atoms with Crippen molar-refractivity contribution in [3.8, 4) is 17.9 Å². The molecule has 9 heteroatoms. The summed E-state index contributed by atoms with van der Waals surface area (Å²) in [5.41, 5.74) is 0.116. The van der Waals surface area contributed by atoms with Crippen LogP contribution in [0.25, 0.3) is 0 Å². The Balaban J connectivity index is 1.66. The van der Waals surface area contributed by atoms with E-state index >= 15 is 0 Å². The summed E-state index contributed by atoms with van der Waals surface area (Å²) in [6.07, 6.45) is 0. The van der Waals surface area contributed by atoms with Crippen molar-refractivity contribution < 1.29 is 18.7 Å². The molecule has 0 saturated heterocycles. The minimum Gasteiger partial charge on any atom is -0.489 e. The zero-order valence-corrected chi connectivity index (χ0v) is 18.3. The average molecular weight is 475 g/mol. The average Bonchev–Trinajstić information content (AvgIpc) is 2.84. The second-order valence-electron chi connectivity index (χ2n) is 6.83. The van der Waals surface area contributed by atoms with E-state index in [2.05, 4.69) is 10.6 Å². The number of nitrogens with zero attached hydrogens (tertiary/aromatic N) is 2. The molecular formula is C25H16ClFN4O3. The molecule has 2 amide bonds. The van der Waals surface area contributed by atoms with Crippen LogP contribution in [0.4, 0.5) is 15.8 Å². The second-order valence-corrected chi connectivity index (χ2v) is 7.26. The first kappa shape index (κ1) is 24.0. The fourth-order valence-electron chi connectivity index (χ4n) is 2.74. The van der Waals surface area contributed by atoms with Crippen LogP contribution in [0.2, 0.25) is 5.02 Å². The molecule has 0 aliphatic rings. The first-order valence-corrected chi connectivity index (χ1v) is 10.2. The Morgan fingerprint density at radius 1 is 0.794 bits per heavy atom. The van der Waals surface area contributed by atoms with Gasteiger partial charge in [0.2, 0.25) is 0 Å². The van der Waals surface area contributed by atoms with Gasteiger partial charge in [-0.3, -0.25) is 9.59 Å². The van der Waals surface area contributed by atoms with Crippen LogP contribution < -0.4 is 15.4 Å². The van der Waals surface area contributed by atoms with Crippen molar-refractivity contribution in [3.63, 3.8) is 0 Å². The number of ether oxygens (including phenoxy) is 1. The molecule has 0 radical (unpaired) electrons. The van der Waals surface area contributed by atoms with Crippen LogP contribution >= 0.6 is 11.6 Å². The van der Waals surface area contributed by atoms with E-state index in [0.29, 0.717) is 23.1 Å². The first-order valence-electron chi connectivity index (χ1n) is 9.79. The largest absolute Gasteiger partial charge is 0.489 e. The number of rotatable bonds is 7. The second kappa shape index (κ2) is 11.3. The molecular weight excluding hydrogens is 459 g/mol. The Morgan fingerprint density at radius 2 is 1.26 bits per heavy atom. The smallest absolute Gasteiger partial charge is 0.267 e. The van der Waals surface area contributed by atoms with Crippen LogP contribution in [0, 0.1) is 28.5 Å². The molecule has 34 heavy (non-hydrogen) atoms. The maximum Gasteiger partial charge on any atom is 0.267 e. The highest BCUT2D eigenvalue weighted by Gasteiger charge is 2.22. The topological polar surface area (TPSA) is 115 Å². The number of benzene rings is 3. The van der Waals surface area contributed by atoms with Gasteiger partial charge < -0.3 is 15.4 Å². The van der Waals surface area contributed by atoms with Crippen LogP contribution in [-0.2, 0) is 16.2 Å². The third-order valence-corrected chi connectivity index (χ3v) is 4.71. The zero-order chi connectivity index (χ0) is 24.5. The fourth-order valence-corrected chi connectivity index (χ4v) is 2.87. The molecule has 0 aliphatic heterocycles. The van der Waals surface area contributed by atoms with Crippen LogP contribution in [0.3, 0.4) is 0 Å². The highest BCUT2D eigenvalue weighted by atomic mass is 35.5. The van der Waals surface area contributed by atoms with E-state index in [0.717, 1.165) is 17.7 Å². The fraction of sp³-hybridized carbons (Fsp3) is 0.0400. The zero-order valence-electron chi connectivity index (χ0n) is 17.5. The van der Waals surface area contributed by atoms with Gasteiger partial charge in [-0.1, -0.05) is 23.7 Å². The number of carbonyl (C=O) groups excluding carboxylic acids is 2. The highest BCUT2D eigenvalue weighted by Crippen LogP contribution is 2.19. The Kier molecular flexibility index (Phi) is 7.96. The Labute approximate surface area is 199 Å². The Morgan fingerprint density at radius 3 is 1.74 bits per heavy atom. The third kappa shape index (κ3) is 6.42. The van der Waals surface area contributed by atoms with E-state index in [4.69, 9.17) is 16.3 Å². The summed E-state index contributed by atoms with van der Waals surface area (Å²) in [6.45, 7) is 0.318. The Bertz CT molecular complexity index is 1310. The van der Waals surface area contributed by atoms with Crippen molar-refractivity contribution in [2.75, 3.05) is 10.6 Å². The molecule has 0 aromatic heterocycles. The molecule has 3 rings (SSSR count). The molecule has 0 saturated carbocycles. The maximum atomic E-state index is 13.0. The predicted octanol–water partition coefficient (Wildman–Crippen LogP) is 4.98. The van der Waals surface area contributed by atoms with Gasteiger partial charge in [-0.2, -0.15) is 10.5 Å². The number of hydrogen-bond acceptors (Lipinski definition) is 5. The molecule has 0 heterocycles. The van der Waals surface area contributed by atoms with Crippen molar-refractivity contribution in [1.82, 2.24) is 0 Å². The first-order chi connectivity index (χ1) is 16.4. The molecule has 0 fully saturated rings. The summed E-state index contributed by atoms with van der Waals surface area (Å²) in [7, 11) is 0. The summed E-state index contributed by atoms with van der Waals surface area (Å²) in [6, 6.07) is 21.5. The van der Waals surface area contributed by atoms with Gasteiger partial charge in [-0.25, -0.2) is 4.39 Å². The van der Waals surface area contributed by atoms with Gasteiger partial charge in [0.05, 0.1) is 0 Å². The van der Waals surface area contributed by atoms with Crippen molar-refractivity contribution >= 4 is 34.8 Å². The minimum absolute atomic E-state index is 0.200. The Hall–Kier alpha value is -4.66. The van der Waals surface area contributed by atoms with Crippen LogP contribution in [-0.4, -0.2) is 11.8 Å². The summed E-state index contributed by atoms with van der Waals surface area (Å²) in [5.74, 6) is -1.86. The molecule has 7 nitrogen and oxygen atoms in total. The van der Waals surface area contributed by atoms with Crippen molar-refractivity contribution in [3.05, 3.63) is 100 Å². The number of amides is 2.